The molecule has 0 bridgehead atoms. The summed E-state index contributed by atoms with van der Waals surface area (Å²) >= 11 is 0. The van der Waals surface area contributed by atoms with E-state index in [4.69, 9.17) is 9.47 Å². The van der Waals surface area contributed by atoms with Gasteiger partial charge >= 0.3 is 5.97 Å². The topological polar surface area (TPSA) is 47.6 Å². The van der Waals surface area contributed by atoms with Gasteiger partial charge in [0.2, 0.25) is 0 Å². The Morgan fingerprint density at radius 1 is 1.44 bits per heavy atom. The van der Waals surface area contributed by atoms with Crippen molar-refractivity contribution in [3.63, 3.8) is 0 Å². The molecule has 1 saturated heterocycles. The van der Waals surface area contributed by atoms with Gasteiger partial charge in [-0.3, -0.25) is 10.1 Å². The van der Waals surface area contributed by atoms with E-state index >= 15 is 0 Å². The zero-order valence-electron chi connectivity index (χ0n) is 10.3. The van der Waals surface area contributed by atoms with E-state index in [2.05, 4.69) is 19.2 Å². The van der Waals surface area contributed by atoms with E-state index in [1.165, 1.54) is 7.11 Å². The highest BCUT2D eigenvalue weighted by Crippen LogP contribution is 2.39. The second-order valence-corrected chi connectivity index (χ2v) is 5.22. The van der Waals surface area contributed by atoms with Crippen LogP contribution in [0.3, 0.4) is 0 Å². The first-order valence-electron chi connectivity index (χ1n) is 6.06. The van der Waals surface area contributed by atoms with Gasteiger partial charge in [0.05, 0.1) is 13.7 Å². The Morgan fingerprint density at radius 2 is 2.19 bits per heavy atom. The van der Waals surface area contributed by atoms with Crippen molar-refractivity contribution in [2.45, 2.75) is 44.9 Å². The van der Waals surface area contributed by atoms with E-state index in [1.54, 1.807) is 0 Å². The zero-order valence-corrected chi connectivity index (χ0v) is 10.3. The average molecular weight is 227 g/mol. The maximum Gasteiger partial charge on any atom is 0.325 e. The fourth-order valence-electron chi connectivity index (χ4n) is 2.74. The van der Waals surface area contributed by atoms with Crippen LogP contribution in [0.15, 0.2) is 0 Å². The molecule has 1 heterocycles. The lowest BCUT2D eigenvalue weighted by Crippen LogP contribution is -2.50. The third-order valence-corrected chi connectivity index (χ3v) is 4.08. The first-order valence-corrected chi connectivity index (χ1v) is 6.06. The second kappa shape index (κ2) is 4.34. The maximum atomic E-state index is 11.4. The number of ether oxygens (including phenoxy) is 2. The predicted molar refractivity (Wildman–Crippen MR) is 59.8 cm³/mol. The highest BCUT2D eigenvalue weighted by atomic mass is 16.5. The van der Waals surface area contributed by atoms with E-state index in [0.29, 0.717) is 12.5 Å². The predicted octanol–water partition coefficient (Wildman–Crippen LogP) is 1.30. The van der Waals surface area contributed by atoms with Gasteiger partial charge in [0.25, 0.3) is 0 Å². The summed E-state index contributed by atoms with van der Waals surface area (Å²) in [5.41, 5.74) is -0.273. The van der Waals surface area contributed by atoms with Crippen LogP contribution in [0.5, 0.6) is 0 Å². The maximum absolute atomic E-state index is 11.4. The van der Waals surface area contributed by atoms with Crippen LogP contribution in [0.25, 0.3) is 0 Å². The fraction of sp³-hybridized carbons (Fsp3) is 0.917. The molecule has 2 aliphatic rings. The summed E-state index contributed by atoms with van der Waals surface area (Å²) < 4.78 is 10.6. The van der Waals surface area contributed by atoms with Crippen LogP contribution in [-0.2, 0) is 14.3 Å². The summed E-state index contributed by atoms with van der Waals surface area (Å²) in [7, 11) is 1.42. The van der Waals surface area contributed by atoms with Crippen molar-refractivity contribution in [2.24, 2.45) is 11.8 Å². The molecule has 4 heteroatoms. The first kappa shape index (κ1) is 11.9. The van der Waals surface area contributed by atoms with Crippen molar-refractivity contribution < 1.29 is 14.3 Å². The fourth-order valence-corrected chi connectivity index (χ4v) is 2.74. The minimum Gasteiger partial charge on any atom is -0.468 e. The molecule has 1 aliphatic heterocycles. The van der Waals surface area contributed by atoms with Crippen LogP contribution in [0.4, 0.5) is 0 Å². The Morgan fingerprint density at radius 3 is 2.81 bits per heavy atom. The number of hydrogen-bond acceptors (Lipinski definition) is 4. The van der Waals surface area contributed by atoms with Crippen molar-refractivity contribution in [1.29, 1.82) is 0 Å². The standard InChI is InChI=1S/C12H21NO3/c1-8-4-5-12(6-9(8)2)13-10(7-16-12)11(14)15-3/h8-10,13H,4-7H2,1-3H3. The Balaban J connectivity index is 1.99. The monoisotopic (exact) mass is 227 g/mol. The Labute approximate surface area is 96.7 Å². The summed E-state index contributed by atoms with van der Waals surface area (Å²) in [5.74, 6) is 1.16. The average Bonchev–Trinajstić information content (AvgIpc) is 2.68. The highest BCUT2D eigenvalue weighted by Gasteiger charge is 2.46. The van der Waals surface area contributed by atoms with Gasteiger partial charge in [0.15, 0.2) is 0 Å². The SMILES string of the molecule is COC(=O)C1COC2(CCC(C)C(C)C2)N1. The Bertz CT molecular complexity index is 281. The molecule has 0 aromatic rings. The molecule has 1 aliphatic carbocycles. The third kappa shape index (κ3) is 2.09. The molecule has 0 aromatic carbocycles. The molecular formula is C12H21NO3. The van der Waals surface area contributed by atoms with Gasteiger partial charge in [0, 0.05) is 0 Å². The minimum atomic E-state index is -0.286. The van der Waals surface area contributed by atoms with Crippen molar-refractivity contribution in [1.82, 2.24) is 5.32 Å². The van der Waals surface area contributed by atoms with Crippen LogP contribution in [-0.4, -0.2) is 31.5 Å². The highest BCUT2D eigenvalue weighted by molar-refractivity contribution is 5.76. The van der Waals surface area contributed by atoms with Gasteiger partial charge in [-0.15, -0.1) is 0 Å². The number of rotatable bonds is 1. The van der Waals surface area contributed by atoms with Crippen LogP contribution >= 0.6 is 0 Å². The number of methoxy groups -OCH3 is 1. The summed E-state index contributed by atoms with van der Waals surface area (Å²) in [6, 6.07) is -0.286. The quantitative estimate of drug-likeness (QED) is 0.686. The zero-order chi connectivity index (χ0) is 11.8. The van der Waals surface area contributed by atoms with E-state index in [1.807, 2.05) is 0 Å². The molecule has 0 amide bonds. The molecule has 4 atom stereocenters. The normalized spacial score (nSPS) is 43.6. The molecule has 1 spiro atoms. The lowest BCUT2D eigenvalue weighted by Gasteiger charge is -2.39. The number of nitrogens with one attached hydrogen (secondary N) is 1. The van der Waals surface area contributed by atoms with E-state index in [-0.39, 0.29) is 17.7 Å². The van der Waals surface area contributed by atoms with Gasteiger partial charge in [0.1, 0.15) is 11.8 Å². The third-order valence-electron chi connectivity index (χ3n) is 4.08. The molecule has 2 rings (SSSR count). The van der Waals surface area contributed by atoms with Crippen LogP contribution in [0.1, 0.15) is 33.1 Å². The second-order valence-electron chi connectivity index (χ2n) is 5.22. The number of carbonyl (C=O) groups is 1. The van der Waals surface area contributed by atoms with Crippen molar-refractivity contribution in [3.8, 4) is 0 Å². The lowest BCUT2D eigenvalue weighted by molar-refractivity contribution is -0.142. The Kier molecular flexibility index (Phi) is 3.22. The first-order chi connectivity index (χ1) is 7.56. The molecule has 0 radical (unpaired) electrons. The van der Waals surface area contributed by atoms with E-state index in [0.717, 1.165) is 25.2 Å². The van der Waals surface area contributed by atoms with Gasteiger partial charge < -0.3 is 9.47 Å². The molecule has 4 nitrogen and oxygen atoms in total. The van der Waals surface area contributed by atoms with Crippen LogP contribution in [0.2, 0.25) is 0 Å². The molecule has 4 unspecified atom stereocenters. The smallest absolute Gasteiger partial charge is 0.325 e. The molecule has 0 aromatic heterocycles. The molecule has 1 saturated carbocycles. The van der Waals surface area contributed by atoms with Gasteiger partial charge in [-0.25, -0.2) is 0 Å². The molecular weight excluding hydrogens is 206 g/mol. The van der Waals surface area contributed by atoms with Crippen LogP contribution in [0, 0.1) is 11.8 Å². The largest absolute Gasteiger partial charge is 0.468 e. The van der Waals surface area contributed by atoms with E-state index < -0.39 is 0 Å². The molecule has 92 valence electrons. The van der Waals surface area contributed by atoms with Gasteiger partial charge in [-0.05, 0) is 31.1 Å². The van der Waals surface area contributed by atoms with Crippen LogP contribution < -0.4 is 5.32 Å². The summed E-state index contributed by atoms with van der Waals surface area (Å²) in [6.07, 6.45) is 3.13. The van der Waals surface area contributed by atoms with E-state index in [9.17, 15) is 4.79 Å². The molecule has 16 heavy (non-hydrogen) atoms. The van der Waals surface area contributed by atoms with Crippen molar-refractivity contribution in [3.05, 3.63) is 0 Å². The number of esters is 1. The molecule has 1 N–H and O–H groups in total. The van der Waals surface area contributed by atoms with Crippen molar-refractivity contribution in [2.75, 3.05) is 13.7 Å². The minimum absolute atomic E-state index is 0.219. The van der Waals surface area contributed by atoms with Gasteiger partial charge in [-0.1, -0.05) is 13.8 Å². The number of hydrogen-bond donors (Lipinski definition) is 1. The van der Waals surface area contributed by atoms with Crippen molar-refractivity contribution >= 4 is 5.97 Å². The number of carbonyl (C=O) groups excluding carboxylic acids is 1. The summed E-state index contributed by atoms with van der Waals surface area (Å²) in [6.45, 7) is 4.97. The summed E-state index contributed by atoms with van der Waals surface area (Å²) in [4.78, 5) is 11.4. The lowest BCUT2D eigenvalue weighted by atomic mass is 9.77. The Hall–Kier alpha value is -0.610. The van der Waals surface area contributed by atoms with Gasteiger partial charge in [-0.2, -0.15) is 0 Å². The summed E-state index contributed by atoms with van der Waals surface area (Å²) in [5, 5.41) is 3.31. The molecule has 2 fully saturated rings.